The van der Waals surface area contributed by atoms with E-state index in [2.05, 4.69) is 5.32 Å². The molecule has 2 amide bonds. The number of carbonyl (C=O) groups excluding carboxylic acids is 2. The Balaban J connectivity index is 1.89. The lowest BCUT2D eigenvalue weighted by Gasteiger charge is -2.24. The number of nitrogens with zero attached hydrogens (tertiary/aromatic N) is 1. The van der Waals surface area contributed by atoms with E-state index in [1.54, 1.807) is 26.8 Å². The predicted molar refractivity (Wildman–Crippen MR) is 90.9 cm³/mol. The minimum atomic E-state index is -0.589. The molecule has 126 valence electrons. The van der Waals surface area contributed by atoms with Crippen molar-refractivity contribution in [2.75, 3.05) is 18.9 Å². The van der Waals surface area contributed by atoms with Crippen molar-refractivity contribution in [3.63, 3.8) is 0 Å². The van der Waals surface area contributed by atoms with Gasteiger partial charge >= 0.3 is 6.09 Å². The number of amides is 2. The Labute approximate surface area is 141 Å². The van der Waals surface area contributed by atoms with Gasteiger partial charge in [0.25, 0.3) is 0 Å². The normalized spacial score (nSPS) is 14.3. The monoisotopic (exact) mass is 338 g/mol. The summed E-state index contributed by atoms with van der Waals surface area (Å²) in [5, 5.41) is 3.42. The van der Waals surface area contributed by atoms with Crippen LogP contribution < -0.4 is 5.32 Å². The van der Waals surface area contributed by atoms with Gasteiger partial charge in [0.05, 0.1) is 0 Å². The zero-order chi connectivity index (χ0) is 17.2. The minimum absolute atomic E-state index is 0.0864. The first-order chi connectivity index (χ1) is 10.7. The second-order valence-electron chi connectivity index (χ2n) is 6.90. The Morgan fingerprint density at radius 1 is 1.35 bits per heavy atom. The van der Waals surface area contributed by atoms with Crippen molar-refractivity contribution in [3.05, 3.63) is 28.8 Å². The van der Waals surface area contributed by atoms with E-state index in [1.807, 2.05) is 12.1 Å². The highest BCUT2D eigenvalue weighted by Gasteiger charge is 2.26. The summed E-state index contributed by atoms with van der Waals surface area (Å²) in [4.78, 5) is 25.1. The summed E-state index contributed by atoms with van der Waals surface area (Å²) in [5.74, 6) is 0.263. The summed E-state index contributed by atoms with van der Waals surface area (Å²) < 4.78 is 5.20. The fourth-order valence-corrected chi connectivity index (χ4v) is 2.49. The lowest BCUT2D eigenvalue weighted by atomic mass is 10.1. The van der Waals surface area contributed by atoms with E-state index in [1.165, 1.54) is 24.8 Å². The van der Waals surface area contributed by atoms with Gasteiger partial charge in [-0.25, -0.2) is 4.79 Å². The van der Waals surface area contributed by atoms with Crippen molar-refractivity contribution in [1.82, 2.24) is 4.90 Å². The number of anilines is 1. The number of hydrogen-bond acceptors (Lipinski definition) is 3. The van der Waals surface area contributed by atoms with E-state index >= 15 is 0 Å². The molecule has 1 N–H and O–H groups in total. The maximum atomic E-state index is 12.0. The number of benzene rings is 1. The second kappa shape index (κ2) is 6.79. The summed E-state index contributed by atoms with van der Waals surface area (Å²) in [6.07, 6.45) is 1.81. The average molecular weight is 339 g/mol. The quantitative estimate of drug-likeness (QED) is 0.901. The third kappa shape index (κ3) is 5.43. The smallest absolute Gasteiger partial charge is 0.410 e. The number of hydrogen-bond donors (Lipinski definition) is 1. The van der Waals surface area contributed by atoms with Crippen LogP contribution in [0.2, 0.25) is 5.02 Å². The zero-order valence-electron chi connectivity index (χ0n) is 14.0. The first-order valence-corrected chi connectivity index (χ1v) is 8.07. The van der Waals surface area contributed by atoms with Gasteiger partial charge in [-0.1, -0.05) is 17.7 Å². The van der Waals surface area contributed by atoms with Gasteiger partial charge in [-0.15, -0.1) is 0 Å². The molecule has 23 heavy (non-hydrogen) atoms. The summed E-state index contributed by atoms with van der Waals surface area (Å²) >= 11 is 6.24. The number of rotatable bonds is 4. The molecule has 1 fully saturated rings. The number of likely N-dealkylation sites (N-methyl/N-ethyl adjacent to an activating group) is 1. The van der Waals surface area contributed by atoms with E-state index in [4.69, 9.17) is 16.3 Å². The molecule has 0 aliphatic heterocycles. The highest BCUT2D eigenvalue weighted by atomic mass is 35.5. The average Bonchev–Trinajstić information content (AvgIpc) is 3.20. The van der Waals surface area contributed by atoms with Crippen LogP contribution in [-0.2, 0) is 9.53 Å². The van der Waals surface area contributed by atoms with Crippen LogP contribution in [0.4, 0.5) is 10.5 Å². The van der Waals surface area contributed by atoms with Gasteiger partial charge in [0.1, 0.15) is 12.1 Å². The maximum absolute atomic E-state index is 12.0. The fraction of sp³-hybridized carbons (Fsp3) is 0.529. The first kappa shape index (κ1) is 17.6. The molecule has 1 aromatic rings. The number of ether oxygens (including phenoxy) is 1. The van der Waals surface area contributed by atoms with Crippen LogP contribution >= 0.6 is 11.6 Å². The van der Waals surface area contributed by atoms with E-state index in [0.29, 0.717) is 16.6 Å². The van der Waals surface area contributed by atoms with Crippen molar-refractivity contribution in [3.8, 4) is 0 Å². The second-order valence-corrected chi connectivity index (χ2v) is 7.30. The molecule has 1 saturated carbocycles. The Bertz CT molecular complexity index is 606. The molecule has 0 saturated heterocycles. The van der Waals surface area contributed by atoms with E-state index < -0.39 is 11.7 Å². The van der Waals surface area contributed by atoms with Gasteiger partial charge < -0.3 is 15.0 Å². The van der Waals surface area contributed by atoms with Crippen molar-refractivity contribution in [2.24, 2.45) is 0 Å². The Hall–Kier alpha value is -1.75. The molecule has 2 rings (SSSR count). The number of nitrogens with one attached hydrogen (secondary N) is 1. The molecule has 0 aromatic heterocycles. The molecule has 1 aliphatic carbocycles. The maximum Gasteiger partial charge on any atom is 0.410 e. The lowest BCUT2D eigenvalue weighted by molar-refractivity contribution is -0.117. The molecular weight excluding hydrogens is 316 g/mol. The third-order valence-corrected chi connectivity index (χ3v) is 3.71. The van der Waals surface area contributed by atoms with Crippen LogP contribution in [0.15, 0.2) is 18.2 Å². The van der Waals surface area contributed by atoms with Crippen molar-refractivity contribution >= 4 is 29.3 Å². The largest absolute Gasteiger partial charge is 0.444 e. The number of carbonyl (C=O) groups is 2. The number of halogens is 1. The van der Waals surface area contributed by atoms with Gasteiger partial charge in [0.15, 0.2) is 0 Å². The molecule has 0 atom stereocenters. The molecule has 0 spiro atoms. The van der Waals surface area contributed by atoms with Crippen molar-refractivity contribution in [2.45, 2.75) is 45.1 Å². The Kier molecular flexibility index (Phi) is 5.19. The molecule has 0 bridgehead atoms. The topological polar surface area (TPSA) is 58.6 Å². The summed E-state index contributed by atoms with van der Waals surface area (Å²) in [6, 6.07) is 5.54. The third-order valence-electron chi connectivity index (χ3n) is 3.39. The molecule has 1 aliphatic rings. The summed E-state index contributed by atoms with van der Waals surface area (Å²) in [5.41, 5.74) is 1.17. The molecule has 0 radical (unpaired) electrons. The predicted octanol–water partition coefficient (Wildman–Crippen LogP) is 4.02. The van der Waals surface area contributed by atoms with Crippen LogP contribution in [0.25, 0.3) is 0 Å². The molecule has 6 heteroatoms. The highest BCUT2D eigenvalue weighted by molar-refractivity contribution is 6.31. The molecular formula is C17H23ClN2O3. The SMILES string of the molecule is CN(CC(=O)Nc1ccc(C2CC2)c(Cl)c1)C(=O)OC(C)(C)C. The van der Waals surface area contributed by atoms with E-state index in [-0.39, 0.29) is 12.5 Å². The zero-order valence-corrected chi connectivity index (χ0v) is 14.7. The Morgan fingerprint density at radius 2 is 2.00 bits per heavy atom. The highest BCUT2D eigenvalue weighted by Crippen LogP contribution is 2.43. The van der Waals surface area contributed by atoms with Crippen molar-refractivity contribution < 1.29 is 14.3 Å². The van der Waals surface area contributed by atoms with E-state index in [0.717, 1.165) is 5.56 Å². The van der Waals surface area contributed by atoms with Crippen LogP contribution in [0.1, 0.15) is 45.1 Å². The van der Waals surface area contributed by atoms with E-state index in [9.17, 15) is 9.59 Å². The first-order valence-electron chi connectivity index (χ1n) is 7.69. The summed E-state index contributed by atoms with van der Waals surface area (Å²) in [6.45, 7) is 5.25. The van der Waals surface area contributed by atoms with Crippen LogP contribution in [0, 0.1) is 0 Å². The van der Waals surface area contributed by atoms with Crippen molar-refractivity contribution in [1.29, 1.82) is 0 Å². The molecule has 0 heterocycles. The van der Waals surface area contributed by atoms with Gasteiger partial charge in [-0.05, 0) is 57.2 Å². The van der Waals surface area contributed by atoms with Gasteiger partial charge in [0, 0.05) is 17.8 Å². The van der Waals surface area contributed by atoms with Gasteiger partial charge in [-0.3, -0.25) is 4.79 Å². The lowest BCUT2D eigenvalue weighted by Crippen LogP contribution is -2.38. The van der Waals surface area contributed by atoms with Gasteiger partial charge in [-0.2, -0.15) is 0 Å². The standard InChI is InChI=1S/C17H23ClN2O3/c1-17(2,3)23-16(22)20(4)10-15(21)19-12-7-8-13(11-5-6-11)14(18)9-12/h7-9,11H,5-6,10H2,1-4H3,(H,19,21). The fourth-order valence-electron chi connectivity index (χ4n) is 2.15. The Morgan fingerprint density at radius 3 is 2.52 bits per heavy atom. The van der Waals surface area contributed by atoms with Crippen LogP contribution in [-0.4, -0.2) is 36.1 Å². The van der Waals surface area contributed by atoms with Crippen LogP contribution in [0.5, 0.6) is 0 Å². The molecule has 1 aromatic carbocycles. The molecule has 5 nitrogen and oxygen atoms in total. The summed E-state index contributed by atoms with van der Waals surface area (Å²) in [7, 11) is 1.52. The van der Waals surface area contributed by atoms with Crippen LogP contribution in [0.3, 0.4) is 0 Å². The van der Waals surface area contributed by atoms with Gasteiger partial charge in [0.2, 0.25) is 5.91 Å². The molecule has 0 unspecified atom stereocenters. The minimum Gasteiger partial charge on any atom is -0.444 e.